The highest BCUT2D eigenvalue weighted by Crippen LogP contribution is 2.74. The van der Waals surface area contributed by atoms with Crippen LogP contribution < -0.4 is 9.47 Å². The average molecular weight is 1110 g/mol. The van der Waals surface area contributed by atoms with E-state index in [-0.39, 0.29) is 90.9 Å². The van der Waals surface area contributed by atoms with Gasteiger partial charge < -0.3 is 14.6 Å². The molecule has 8 saturated carbocycles. The Balaban J connectivity index is 1.03. The first-order valence-corrected chi connectivity index (χ1v) is 30.1. The molecule has 8 aliphatic carbocycles. The van der Waals surface area contributed by atoms with Gasteiger partial charge in [-0.1, -0.05) is 169 Å². The van der Waals surface area contributed by atoms with E-state index in [2.05, 4.69) is 83.1 Å². The first-order chi connectivity index (χ1) is 38.3. The molecule has 0 saturated heterocycles. The van der Waals surface area contributed by atoms with Gasteiger partial charge in [-0.05, 0) is 104 Å². The second kappa shape index (κ2) is 19.1. The van der Waals surface area contributed by atoms with Gasteiger partial charge in [0, 0.05) is 56.5 Å². The average Bonchev–Trinajstić information content (AvgIpc) is 1.90. The first-order valence-electron chi connectivity index (χ1n) is 30.1. The standard InChI is InChI=1S/C68H82O13/c1-38-23-29-47-61(5,6)65(47,34-38)75-56-54(60(73)78-81-68-37-41(4)26-32-50(68)64(68,11)12)53(57(69)70)51(42-19-15-13-16-20-42)52(43-21-17-14-18-22-43)55(56)74-44-27-28-45(58(71)76-79-66-35-39(2)24-30-48(66)62(66,7)8)46(33-44)59(72)77-80-67-36-40(3)25-31-49(67)63(67,9)10/h13-22,27-28,33,38-41,47-50H,23-26,29-32,34-37H2,1-12H3,(H,69,70). The zero-order valence-corrected chi connectivity index (χ0v) is 49.5. The van der Waals surface area contributed by atoms with E-state index in [1.54, 1.807) is 24.3 Å². The van der Waals surface area contributed by atoms with Gasteiger partial charge in [-0.25, -0.2) is 19.2 Å². The fourth-order valence-electron chi connectivity index (χ4n) is 17.6. The fourth-order valence-corrected chi connectivity index (χ4v) is 17.6. The molecule has 0 spiro atoms. The molecule has 0 heterocycles. The van der Waals surface area contributed by atoms with Crippen molar-refractivity contribution in [3.63, 3.8) is 0 Å². The van der Waals surface area contributed by atoms with Gasteiger partial charge in [-0.2, -0.15) is 14.7 Å². The van der Waals surface area contributed by atoms with Crippen molar-refractivity contribution < 1.29 is 63.1 Å². The third-order valence-electron chi connectivity index (χ3n) is 22.9. The van der Waals surface area contributed by atoms with Gasteiger partial charge in [0.1, 0.15) is 33.7 Å². The largest absolute Gasteiger partial charge is 0.481 e. The van der Waals surface area contributed by atoms with Crippen LogP contribution in [-0.2, 0) is 29.3 Å². The molecule has 1 N–H and O–H groups in total. The molecule has 0 aromatic heterocycles. The Morgan fingerprint density at radius 2 is 0.815 bits per heavy atom. The van der Waals surface area contributed by atoms with Gasteiger partial charge in [0.05, 0.1) is 16.7 Å². The van der Waals surface area contributed by atoms with Crippen LogP contribution in [0.4, 0.5) is 0 Å². The van der Waals surface area contributed by atoms with Crippen LogP contribution in [0.1, 0.15) is 202 Å². The van der Waals surface area contributed by atoms with Crippen LogP contribution in [-0.4, -0.2) is 51.4 Å². The fraction of sp³-hybridized carbons (Fsp3) is 0.588. The zero-order valence-electron chi connectivity index (χ0n) is 49.5. The minimum Gasteiger partial charge on any atom is -0.481 e. The molecular formula is C68H82O13. The van der Waals surface area contributed by atoms with Gasteiger partial charge >= 0.3 is 23.9 Å². The number of hydrogen-bond acceptors (Lipinski definition) is 12. The second-order valence-electron chi connectivity index (χ2n) is 28.7. The molecule has 13 heteroatoms. The van der Waals surface area contributed by atoms with Gasteiger partial charge in [0.2, 0.25) is 0 Å². The Labute approximate surface area is 477 Å². The number of aromatic carboxylic acids is 1. The molecule has 4 aromatic rings. The monoisotopic (exact) mass is 1110 g/mol. The molecule has 0 radical (unpaired) electrons. The highest BCUT2D eigenvalue weighted by atomic mass is 17.2. The lowest BCUT2D eigenvalue weighted by atomic mass is 9.85. The summed E-state index contributed by atoms with van der Waals surface area (Å²) in [7, 11) is 0. The van der Waals surface area contributed by atoms with E-state index in [1.165, 1.54) is 18.2 Å². The van der Waals surface area contributed by atoms with Crippen LogP contribution in [0.2, 0.25) is 0 Å². The third kappa shape index (κ3) is 8.44. The third-order valence-corrected chi connectivity index (χ3v) is 22.9. The smallest absolute Gasteiger partial charge is 0.377 e. The van der Waals surface area contributed by atoms with Crippen molar-refractivity contribution in [3.8, 4) is 39.5 Å². The van der Waals surface area contributed by atoms with Crippen LogP contribution in [0.5, 0.6) is 17.2 Å². The molecule has 4 aromatic carbocycles. The van der Waals surface area contributed by atoms with Crippen LogP contribution in [0.15, 0.2) is 78.9 Å². The lowest BCUT2D eigenvalue weighted by Crippen LogP contribution is -2.33. The molecule has 12 atom stereocenters. The highest BCUT2D eigenvalue weighted by molar-refractivity contribution is 6.14. The van der Waals surface area contributed by atoms with E-state index in [1.807, 2.05) is 36.4 Å². The van der Waals surface area contributed by atoms with Gasteiger partial charge in [-0.3, -0.25) is 14.7 Å². The molecule has 12 unspecified atom stereocenters. The normalized spacial score (nSPS) is 34.6. The summed E-state index contributed by atoms with van der Waals surface area (Å²) < 4.78 is 14.8. The maximum Gasteiger partial charge on any atom is 0.377 e. The summed E-state index contributed by atoms with van der Waals surface area (Å²) in [4.78, 5) is 96.4. The number of carboxylic acids is 1. The maximum absolute atomic E-state index is 15.6. The second-order valence-corrected chi connectivity index (χ2v) is 28.7. The molecule has 0 aliphatic heterocycles. The van der Waals surface area contributed by atoms with Crippen molar-refractivity contribution in [1.82, 2.24) is 0 Å². The van der Waals surface area contributed by atoms with Crippen molar-refractivity contribution in [1.29, 1.82) is 0 Å². The summed E-state index contributed by atoms with van der Waals surface area (Å²) in [6, 6.07) is 22.7. The number of benzene rings is 4. The number of hydrogen-bond donors (Lipinski definition) is 1. The Morgan fingerprint density at radius 1 is 0.432 bits per heavy atom. The lowest BCUT2D eigenvalue weighted by Gasteiger charge is -2.32. The first kappa shape index (κ1) is 55.8. The van der Waals surface area contributed by atoms with E-state index < -0.39 is 51.7 Å². The molecular weight excluding hydrogens is 1020 g/mol. The molecule has 12 rings (SSSR count). The summed E-state index contributed by atoms with van der Waals surface area (Å²) in [6.45, 7) is 25.8. The van der Waals surface area contributed by atoms with Crippen LogP contribution in [0.25, 0.3) is 22.3 Å². The minimum atomic E-state index is -1.39. The van der Waals surface area contributed by atoms with Crippen LogP contribution >= 0.6 is 0 Å². The van der Waals surface area contributed by atoms with Crippen LogP contribution in [0.3, 0.4) is 0 Å². The molecule has 8 fully saturated rings. The summed E-state index contributed by atoms with van der Waals surface area (Å²) >= 11 is 0. The minimum absolute atomic E-state index is 0.000425. The maximum atomic E-state index is 15.6. The summed E-state index contributed by atoms with van der Waals surface area (Å²) in [5.74, 6) is -2.55. The van der Waals surface area contributed by atoms with Gasteiger partial charge in [0.25, 0.3) is 0 Å². The molecule has 13 nitrogen and oxygen atoms in total. The summed E-state index contributed by atoms with van der Waals surface area (Å²) in [5.41, 5.74) is -3.76. The molecule has 0 bridgehead atoms. The van der Waals surface area contributed by atoms with Crippen LogP contribution in [0, 0.1) is 69.0 Å². The molecule has 432 valence electrons. The molecule has 81 heavy (non-hydrogen) atoms. The number of carbonyl (C=O) groups is 4. The van der Waals surface area contributed by atoms with Crippen molar-refractivity contribution >= 4 is 23.9 Å². The van der Waals surface area contributed by atoms with Crippen molar-refractivity contribution in [3.05, 3.63) is 101 Å². The highest BCUT2D eigenvalue weighted by Gasteiger charge is 2.78. The zero-order chi connectivity index (χ0) is 57.6. The van der Waals surface area contributed by atoms with E-state index in [0.717, 1.165) is 57.8 Å². The number of carboxylic acid groups (broad SMARTS) is 1. The topological polar surface area (TPSA) is 162 Å². The Hall–Kier alpha value is -5.76. The lowest BCUT2D eigenvalue weighted by molar-refractivity contribution is -0.304. The quantitative estimate of drug-likeness (QED) is 0.0834. The number of fused-ring (bicyclic) bond motifs is 4. The van der Waals surface area contributed by atoms with Crippen molar-refractivity contribution in [2.45, 2.75) is 183 Å². The predicted molar refractivity (Wildman–Crippen MR) is 303 cm³/mol. The summed E-state index contributed by atoms with van der Waals surface area (Å²) in [5, 5.41) is 11.8. The van der Waals surface area contributed by atoms with E-state index in [4.69, 9.17) is 38.8 Å². The van der Waals surface area contributed by atoms with E-state index >= 15 is 4.79 Å². The SMILES string of the molecule is CC1CCC2C(C)(C)C2(OOC(=O)c2ccc(Oc3c(OC45CC(C)CCC4C5(C)C)c(C(=O)OOC45CC(C)CCC4C5(C)C)c(C(=O)O)c(-c4ccccc4)c3-c3ccccc3)cc2C(=O)OOC23CC(C)CCC2C3(C)C)C1. The van der Waals surface area contributed by atoms with Gasteiger partial charge in [0.15, 0.2) is 11.5 Å². The molecule has 8 aliphatic rings. The Bertz CT molecular complexity index is 3200. The predicted octanol–water partition coefficient (Wildman–Crippen LogP) is 16.0. The van der Waals surface area contributed by atoms with Gasteiger partial charge in [-0.15, -0.1) is 0 Å². The van der Waals surface area contributed by atoms with E-state index in [0.29, 0.717) is 53.7 Å². The number of rotatable bonds is 16. The Kier molecular flexibility index (Phi) is 13.2. The number of carbonyl (C=O) groups excluding carboxylic acids is 3. The molecule has 0 amide bonds. The van der Waals surface area contributed by atoms with Crippen molar-refractivity contribution in [2.75, 3.05) is 0 Å². The summed E-state index contributed by atoms with van der Waals surface area (Å²) in [6.07, 6.45) is 10.5. The Morgan fingerprint density at radius 3 is 1.26 bits per heavy atom. The van der Waals surface area contributed by atoms with E-state index in [9.17, 15) is 19.5 Å². The van der Waals surface area contributed by atoms with Crippen molar-refractivity contribution in [2.24, 2.45) is 69.0 Å². The number of ether oxygens (including phenoxy) is 2.